The third-order valence-electron chi connectivity index (χ3n) is 3.95. The summed E-state index contributed by atoms with van der Waals surface area (Å²) in [7, 11) is 1.33. The van der Waals surface area contributed by atoms with Gasteiger partial charge in [0, 0.05) is 18.1 Å². The minimum absolute atomic E-state index is 0.174. The van der Waals surface area contributed by atoms with E-state index >= 15 is 0 Å². The number of carbonyl (C=O) groups is 2. The molecule has 0 bridgehead atoms. The van der Waals surface area contributed by atoms with Crippen molar-refractivity contribution in [3.8, 4) is 5.69 Å². The molecular formula is C20H27N3O3S. The fraction of sp³-hybridized carbons (Fsp3) is 0.450. The van der Waals surface area contributed by atoms with Gasteiger partial charge in [0.15, 0.2) is 5.16 Å². The van der Waals surface area contributed by atoms with Crippen LogP contribution in [0.5, 0.6) is 0 Å². The highest BCUT2D eigenvalue weighted by Gasteiger charge is 2.22. The van der Waals surface area contributed by atoms with E-state index in [0.717, 1.165) is 10.8 Å². The quantitative estimate of drug-likeness (QED) is 0.554. The molecule has 146 valence electrons. The molecule has 1 N–H and O–H groups in total. The maximum atomic E-state index is 12.3. The number of imidazole rings is 1. The van der Waals surface area contributed by atoms with Crippen LogP contribution in [0.1, 0.15) is 31.4 Å². The first-order chi connectivity index (χ1) is 12.8. The lowest BCUT2D eigenvalue weighted by atomic mass is 10.0. The van der Waals surface area contributed by atoms with Crippen molar-refractivity contribution in [3.05, 3.63) is 41.7 Å². The Labute approximate surface area is 164 Å². The van der Waals surface area contributed by atoms with Crippen LogP contribution in [0.2, 0.25) is 0 Å². The predicted octanol–water partition coefficient (Wildman–Crippen LogP) is 3.29. The number of nitrogens with zero attached hydrogens (tertiary/aromatic N) is 2. The first-order valence-electron chi connectivity index (χ1n) is 8.92. The summed E-state index contributed by atoms with van der Waals surface area (Å²) in [5, 5.41) is 3.50. The van der Waals surface area contributed by atoms with Crippen LogP contribution in [0, 0.1) is 19.8 Å². The molecule has 1 heterocycles. The molecule has 1 aromatic heterocycles. The van der Waals surface area contributed by atoms with E-state index in [-0.39, 0.29) is 17.6 Å². The summed E-state index contributed by atoms with van der Waals surface area (Å²) in [5.74, 6) is -0.191. The first kappa shape index (κ1) is 21.0. The minimum Gasteiger partial charge on any atom is -0.467 e. The van der Waals surface area contributed by atoms with Crippen molar-refractivity contribution in [1.82, 2.24) is 14.9 Å². The van der Waals surface area contributed by atoms with Crippen LogP contribution in [0.3, 0.4) is 0 Å². The van der Waals surface area contributed by atoms with E-state index in [4.69, 9.17) is 4.74 Å². The molecule has 7 heteroatoms. The van der Waals surface area contributed by atoms with Crippen LogP contribution in [0.15, 0.2) is 35.7 Å². The molecule has 0 aliphatic carbocycles. The Balaban J connectivity index is 2.03. The molecule has 0 aliphatic rings. The Morgan fingerprint density at radius 2 is 1.89 bits per heavy atom. The maximum Gasteiger partial charge on any atom is 0.328 e. The normalized spacial score (nSPS) is 12.1. The lowest BCUT2D eigenvalue weighted by Crippen LogP contribution is -2.43. The third-order valence-corrected chi connectivity index (χ3v) is 4.92. The molecule has 2 aromatic rings. The number of aromatic nitrogens is 2. The van der Waals surface area contributed by atoms with Crippen molar-refractivity contribution in [3.63, 3.8) is 0 Å². The van der Waals surface area contributed by atoms with E-state index < -0.39 is 12.0 Å². The summed E-state index contributed by atoms with van der Waals surface area (Å²) in [6, 6.07) is 5.65. The van der Waals surface area contributed by atoms with Gasteiger partial charge in [-0.15, -0.1) is 0 Å². The average Bonchev–Trinajstić information content (AvgIpc) is 3.06. The third kappa shape index (κ3) is 6.13. The largest absolute Gasteiger partial charge is 0.467 e. The van der Waals surface area contributed by atoms with Crippen LogP contribution in [0.4, 0.5) is 0 Å². The number of esters is 1. The van der Waals surface area contributed by atoms with Crippen molar-refractivity contribution in [1.29, 1.82) is 0 Å². The number of carbonyl (C=O) groups excluding carboxylic acids is 2. The van der Waals surface area contributed by atoms with E-state index in [1.807, 2.05) is 24.6 Å². The van der Waals surface area contributed by atoms with Crippen molar-refractivity contribution >= 4 is 23.6 Å². The number of ether oxygens (including phenoxy) is 1. The summed E-state index contributed by atoms with van der Waals surface area (Å²) < 4.78 is 6.75. The molecule has 0 aliphatic heterocycles. The van der Waals surface area contributed by atoms with Gasteiger partial charge in [-0.2, -0.15) is 0 Å². The van der Waals surface area contributed by atoms with Gasteiger partial charge in [0.05, 0.1) is 12.9 Å². The Kier molecular flexibility index (Phi) is 7.47. The maximum absolute atomic E-state index is 12.3. The number of rotatable bonds is 8. The molecule has 0 saturated heterocycles. The van der Waals surface area contributed by atoms with E-state index in [1.54, 1.807) is 6.20 Å². The highest BCUT2D eigenvalue weighted by molar-refractivity contribution is 7.99. The van der Waals surface area contributed by atoms with Gasteiger partial charge in [0.1, 0.15) is 6.04 Å². The zero-order valence-corrected chi connectivity index (χ0v) is 17.3. The molecule has 1 aromatic carbocycles. The number of amides is 1. The number of aryl methyl sites for hydroxylation is 2. The van der Waals surface area contributed by atoms with Crippen LogP contribution in [0.25, 0.3) is 5.69 Å². The smallest absolute Gasteiger partial charge is 0.328 e. The lowest BCUT2D eigenvalue weighted by Gasteiger charge is -2.18. The lowest BCUT2D eigenvalue weighted by molar-refractivity contribution is -0.145. The minimum atomic E-state index is -0.623. The summed E-state index contributed by atoms with van der Waals surface area (Å²) in [5.41, 5.74) is 3.35. The fourth-order valence-electron chi connectivity index (χ4n) is 2.88. The number of methoxy groups -OCH3 is 1. The van der Waals surface area contributed by atoms with Crippen molar-refractivity contribution in [2.24, 2.45) is 5.92 Å². The molecule has 6 nitrogen and oxygen atoms in total. The summed E-state index contributed by atoms with van der Waals surface area (Å²) in [6.45, 7) is 8.10. The second kappa shape index (κ2) is 9.60. The molecule has 1 unspecified atom stereocenters. The zero-order valence-electron chi connectivity index (χ0n) is 16.5. The van der Waals surface area contributed by atoms with Gasteiger partial charge in [-0.3, -0.25) is 9.36 Å². The predicted molar refractivity (Wildman–Crippen MR) is 107 cm³/mol. The number of thioether (sulfide) groups is 1. The second-order valence-corrected chi connectivity index (χ2v) is 7.93. The SMILES string of the molecule is COC(=O)C(CC(C)C)NC(=O)CSc1nccn1-c1cc(C)cc(C)c1. The van der Waals surface area contributed by atoms with Gasteiger partial charge in [0.25, 0.3) is 0 Å². The Morgan fingerprint density at radius 3 is 2.48 bits per heavy atom. The van der Waals surface area contributed by atoms with E-state index in [2.05, 4.69) is 42.3 Å². The highest BCUT2D eigenvalue weighted by atomic mass is 32.2. The summed E-state index contributed by atoms with van der Waals surface area (Å²) in [6.07, 6.45) is 4.14. The number of hydrogen-bond acceptors (Lipinski definition) is 5. The van der Waals surface area contributed by atoms with Gasteiger partial charge < -0.3 is 10.1 Å². The van der Waals surface area contributed by atoms with Crippen LogP contribution in [-0.4, -0.2) is 40.3 Å². The average molecular weight is 390 g/mol. The molecule has 0 fully saturated rings. The number of nitrogens with one attached hydrogen (secondary N) is 1. The van der Waals surface area contributed by atoms with Crippen molar-refractivity contribution in [2.75, 3.05) is 12.9 Å². The van der Waals surface area contributed by atoms with Gasteiger partial charge >= 0.3 is 5.97 Å². The molecule has 2 rings (SSSR count). The molecule has 1 amide bonds. The molecule has 0 radical (unpaired) electrons. The number of benzene rings is 1. The summed E-state index contributed by atoms with van der Waals surface area (Å²) in [4.78, 5) is 28.5. The molecule has 0 spiro atoms. The van der Waals surface area contributed by atoms with Crippen molar-refractivity contribution in [2.45, 2.75) is 45.3 Å². The second-order valence-electron chi connectivity index (χ2n) is 6.99. The first-order valence-corrected chi connectivity index (χ1v) is 9.90. The fourth-order valence-corrected chi connectivity index (χ4v) is 3.66. The molecule has 27 heavy (non-hydrogen) atoms. The molecule has 1 atom stereocenters. The summed E-state index contributed by atoms with van der Waals surface area (Å²) >= 11 is 1.34. The molecular weight excluding hydrogens is 362 g/mol. The van der Waals surface area contributed by atoms with Gasteiger partial charge in [-0.1, -0.05) is 31.7 Å². The Morgan fingerprint density at radius 1 is 1.22 bits per heavy atom. The van der Waals surface area contributed by atoms with Gasteiger partial charge in [-0.05, 0) is 49.4 Å². The van der Waals surface area contributed by atoms with Gasteiger partial charge in [-0.25, -0.2) is 9.78 Å². The van der Waals surface area contributed by atoms with E-state index in [1.165, 1.54) is 30.0 Å². The topological polar surface area (TPSA) is 73.2 Å². The monoisotopic (exact) mass is 389 g/mol. The molecule has 0 saturated carbocycles. The van der Waals surface area contributed by atoms with E-state index in [0.29, 0.717) is 6.42 Å². The van der Waals surface area contributed by atoms with E-state index in [9.17, 15) is 9.59 Å². The van der Waals surface area contributed by atoms with Crippen LogP contribution < -0.4 is 5.32 Å². The Hall–Kier alpha value is -2.28. The Bertz CT molecular complexity index is 781. The van der Waals surface area contributed by atoms with Crippen LogP contribution >= 0.6 is 11.8 Å². The highest BCUT2D eigenvalue weighted by Crippen LogP contribution is 2.22. The van der Waals surface area contributed by atoms with Crippen molar-refractivity contribution < 1.29 is 14.3 Å². The zero-order chi connectivity index (χ0) is 20.0. The number of hydrogen-bond donors (Lipinski definition) is 1. The van der Waals surface area contributed by atoms with Crippen LogP contribution in [-0.2, 0) is 14.3 Å². The standard InChI is InChI=1S/C20H27N3O3S/c1-13(2)8-17(19(25)26-5)22-18(24)12-27-20-21-6-7-23(20)16-10-14(3)9-15(4)11-16/h6-7,9-11,13,17H,8,12H2,1-5H3,(H,22,24). The van der Waals surface area contributed by atoms with Gasteiger partial charge in [0.2, 0.25) is 5.91 Å².